The molecule has 0 spiro atoms. The van der Waals surface area contributed by atoms with E-state index in [1.165, 1.54) is 0 Å². The van der Waals surface area contributed by atoms with Crippen LogP contribution in [0.2, 0.25) is 0 Å². The number of carbonyl (C=O) groups excluding carboxylic acids is 5. The average molecular weight is 1130 g/mol. The monoisotopic (exact) mass is 1120 g/mol. The molecule has 3 heterocycles. The minimum Gasteiger partial charge on any atom is -0.778 e. The Morgan fingerprint density at radius 3 is 1.38 bits per heavy atom. The number of Topliss-reactive ketones (excluding diaryl/α,β-unsaturated/α-hetero) is 1. The molecule has 0 saturated carbocycles. The van der Waals surface area contributed by atoms with E-state index in [-0.39, 0.29) is 127 Å². The predicted octanol–water partition coefficient (Wildman–Crippen LogP) is 2.06. The maximum Gasteiger partial charge on any atom is 0.220 e. The highest BCUT2D eigenvalue weighted by Gasteiger charge is 2.34. The van der Waals surface area contributed by atoms with Gasteiger partial charge in [-0.25, -0.2) is 0 Å². The summed E-state index contributed by atoms with van der Waals surface area (Å²) in [6, 6.07) is 0. The van der Waals surface area contributed by atoms with E-state index in [2.05, 4.69) is 52.2 Å². The molecule has 27 nitrogen and oxygen atoms in total. The number of ether oxygens (including phenoxy) is 6. The third-order valence-electron chi connectivity index (χ3n) is 11.9. The van der Waals surface area contributed by atoms with Gasteiger partial charge in [-0.2, -0.15) is 0 Å². The molecular formula is C50H87N13O14P-. The number of aromatic nitrogens is 9. The minimum absolute atomic E-state index is 0.0148. The van der Waals surface area contributed by atoms with Gasteiger partial charge in [0.1, 0.15) is 30.5 Å². The SMILES string of the molecule is Cn1cc(COCCOCCCC(=O)CCC(CCC(=O)NCCOCCOCc2cn(C)nn2)(CCC(=O)NCCOCCOCc2cn(C)nn2)NC(=O)CCCC(=O)NCCCCCCOP(=O)([O-])C(C)(C)C)nn1. The van der Waals surface area contributed by atoms with Gasteiger partial charge in [0.2, 0.25) is 23.6 Å². The Kier molecular flexibility index (Phi) is 33.1. The lowest BCUT2D eigenvalue weighted by molar-refractivity contribution is -0.204. The molecule has 1 atom stereocenters. The molecule has 0 aromatic carbocycles. The summed E-state index contributed by atoms with van der Waals surface area (Å²) in [7, 11) is 1.35. The van der Waals surface area contributed by atoms with Crippen LogP contribution in [0.1, 0.15) is 134 Å². The van der Waals surface area contributed by atoms with Crippen molar-refractivity contribution >= 4 is 37.0 Å². The summed E-state index contributed by atoms with van der Waals surface area (Å²) in [5.41, 5.74) is 0.951. The second kappa shape index (κ2) is 38.5. The standard InChI is InChI=1S/C50H88N13O14P/c1-49(2,3)78(69,70)77-26-10-8-7-9-22-51-45(65)14-11-15-48(68)54-50(19-16-44(64)13-12-25-71-29-32-74-38-41-35-61(4)58-55-41,20-17-46(66)52-23-27-72-30-33-75-39-42-36-62(5)59-56-42)21-18-47(67)53-24-28-73-31-34-76-40-43-37-63(6)60-57-43/h35-37H,7-34,38-40H2,1-6H3,(H,51,65)(H,52,66)(H,53,67)(H,54,68)(H,69,70)/p-1. The molecule has 4 N–H and O–H groups in total. The van der Waals surface area contributed by atoms with Crippen LogP contribution in [-0.4, -0.2) is 171 Å². The molecule has 0 bridgehead atoms. The van der Waals surface area contributed by atoms with E-state index in [1.54, 1.807) is 74.6 Å². The van der Waals surface area contributed by atoms with E-state index < -0.39 is 18.3 Å². The fourth-order valence-corrected chi connectivity index (χ4v) is 8.22. The van der Waals surface area contributed by atoms with Crippen LogP contribution in [0.3, 0.4) is 0 Å². The number of carbonyl (C=O) groups is 5. The zero-order valence-electron chi connectivity index (χ0n) is 46.8. The molecule has 0 saturated heterocycles. The Morgan fingerprint density at radius 1 is 0.487 bits per heavy atom. The van der Waals surface area contributed by atoms with Crippen molar-refractivity contribution in [2.45, 2.75) is 148 Å². The van der Waals surface area contributed by atoms with Crippen molar-refractivity contribution in [2.24, 2.45) is 21.1 Å². The molecular weight excluding hydrogens is 1040 g/mol. The molecule has 3 aromatic rings. The first kappa shape index (κ1) is 67.2. The van der Waals surface area contributed by atoms with Gasteiger partial charge in [-0.15, -0.1) is 15.3 Å². The summed E-state index contributed by atoms with van der Waals surface area (Å²) < 4.78 is 55.7. The van der Waals surface area contributed by atoms with Gasteiger partial charge in [-0.1, -0.05) is 49.3 Å². The fourth-order valence-electron chi connectivity index (χ4n) is 7.46. The van der Waals surface area contributed by atoms with Crippen LogP contribution in [0, 0.1) is 0 Å². The van der Waals surface area contributed by atoms with Crippen molar-refractivity contribution in [1.29, 1.82) is 0 Å². The number of hydrogen-bond donors (Lipinski definition) is 4. The molecule has 0 aliphatic heterocycles. The van der Waals surface area contributed by atoms with E-state index in [0.717, 1.165) is 12.8 Å². The van der Waals surface area contributed by atoms with Crippen molar-refractivity contribution in [1.82, 2.24) is 66.2 Å². The molecule has 0 radical (unpaired) electrons. The highest BCUT2D eigenvalue weighted by molar-refractivity contribution is 7.53. The molecule has 0 fully saturated rings. The third-order valence-corrected chi connectivity index (χ3v) is 14.1. The van der Waals surface area contributed by atoms with Crippen LogP contribution in [0.15, 0.2) is 18.6 Å². The first-order chi connectivity index (χ1) is 37.3. The van der Waals surface area contributed by atoms with Crippen molar-refractivity contribution in [2.75, 3.05) is 85.7 Å². The molecule has 0 aliphatic carbocycles. The Morgan fingerprint density at radius 2 is 0.910 bits per heavy atom. The highest BCUT2D eigenvalue weighted by Crippen LogP contribution is 2.50. The highest BCUT2D eigenvalue weighted by atomic mass is 31.2. The smallest absolute Gasteiger partial charge is 0.220 e. The Labute approximate surface area is 458 Å². The number of aryl methyl sites for hydroxylation is 3. The lowest BCUT2D eigenvalue weighted by Gasteiger charge is -2.35. The average Bonchev–Trinajstić information content (AvgIpc) is 4.14. The normalized spacial score (nSPS) is 12.6. The van der Waals surface area contributed by atoms with E-state index in [1.807, 2.05) is 0 Å². The molecule has 4 amide bonds. The minimum atomic E-state index is -3.96. The number of rotatable bonds is 47. The maximum absolute atomic E-state index is 13.8. The van der Waals surface area contributed by atoms with Crippen LogP contribution in [0.5, 0.6) is 0 Å². The number of unbranched alkanes of at least 4 members (excludes halogenated alkanes) is 3. The van der Waals surface area contributed by atoms with Gasteiger partial charge in [-0.3, -0.25) is 38.0 Å². The summed E-state index contributed by atoms with van der Waals surface area (Å²) in [5, 5.41) is 34.3. The van der Waals surface area contributed by atoms with Crippen molar-refractivity contribution in [3.63, 3.8) is 0 Å². The first-order valence-electron chi connectivity index (χ1n) is 27.0. The third kappa shape index (κ3) is 31.5. The summed E-state index contributed by atoms with van der Waals surface area (Å²) >= 11 is 0. The number of nitrogens with one attached hydrogen (secondary N) is 4. The number of amides is 4. The van der Waals surface area contributed by atoms with Crippen LogP contribution in [-0.2, 0) is 102 Å². The predicted molar refractivity (Wildman–Crippen MR) is 282 cm³/mol. The van der Waals surface area contributed by atoms with E-state index in [0.29, 0.717) is 109 Å². The van der Waals surface area contributed by atoms with E-state index in [9.17, 15) is 33.4 Å². The number of hydrogen-bond acceptors (Lipinski definition) is 20. The second-order valence-electron chi connectivity index (χ2n) is 19.9. The zero-order chi connectivity index (χ0) is 56.9. The summed E-state index contributed by atoms with van der Waals surface area (Å²) in [6.07, 6.45) is 9.45. The van der Waals surface area contributed by atoms with Gasteiger partial charge >= 0.3 is 0 Å². The second-order valence-corrected chi connectivity index (χ2v) is 22.5. The zero-order valence-corrected chi connectivity index (χ0v) is 47.7. The Bertz CT molecular complexity index is 2050. The van der Waals surface area contributed by atoms with Crippen molar-refractivity contribution in [3.05, 3.63) is 35.7 Å². The van der Waals surface area contributed by atoms with Gasteiger partial charge in [0.05, 0.1) is 97.9 Å². The summed E-state index contributed by atoms with van der Waals surface area (Å²) in [5.74, 6) is -1.28. The number of nitrogens with zero attached hydrogens (tertiary/aromatic N) is 9. The van der Waals surface area contributed by atoms with Crippen LogP contribution in [0.4, 0.5) is 0 Å². The molecule has 1 unspecified atom stereocenters. The molecule has 78 heavy (non-hydrogen) atoms. The van der Waals surface area contributed by atoms with Crippen LogP contribution in [0.25, 0.3) is 0 Å². The van der Waals surface area contributed by atoms with Gasteiger partial charge in [0, 0.05) is 96.6 Å². The summed E-state index contributed by atoms with van der Waals surface area (Å²) in [4.78, 5) is 78.8. The summed E-state index contributed by atoms with van der Waals surface area (Å²) in [6.45, 7) is 9.34. The van der Waals surface area contributed by atoms with Gasteiger partial charge < -0.3 is 63.7 Å². The Hall–Kier alpha value is -5.12. The quantitative estimate of drug-likeness (QED) is 0.0464. The lowest BCUT2D eigenvalue weighted by Crippen LogP contribution is -2.50. The molecule has 3 aromatic heterocycles. The largest absolute Gasteiger partial charge is 0.778 e. The van der Waals surface area contributed by atoms with E-state index in [4.69, 9.17) is 32.9 Å². The molecule has 28 heteroatoms. The maximum atomic E-state index is 13.8. The van der Waals surface area contributed by atoms with Crippen molar-refractivity contribution < 1.29 is 66.4 Å². The molecule has 442 valence electrons. The van der Waals surface area contributed by atoms with Gasteiger partial charge in [0.15, 0.2) is 0 Å². The van der Waals surface area contributed by atoms with Gasteiger partial charge in [0.25, 0.3) is 0 Å². The van der Waals surface area contributed by atoms with Gasteiger partial charge in [-0.05, 0) is 44.9 Å². The van der Waals surface area contributed by atoms with Crippen LogP contribution < -0.4 is 26.2 Å². The number of ketones is 1. The van der Waals surface area contributed by atoms with Crippen LogP contribution >= 0.6 is 7.60 Å². The lowest BCUT2D eigenvalue weighted by atomic mass is 9.82. The Balaban J connectivity index is 1.55. The topological polar surface area (TPSA) is 330 Å². The fraction of sp³-hybridized carbons (Fsp3) is 0.780. The first-order valence-corrected chi connectivity index (χ1v) is 28.5. The van der Waals surface area contributed by atoms with E-state index >= 15 is 0 Å². The van der Waals surface area contributed by atoms with Crippen molar-refractivity contribution in [3.8, 4) is 0 Å². The molecule has 3 rings (SSSR count). The molecule has 0 aliphatic rings.